The fraction of sp³-hybridized carbons (Fsp3) is 0.562. The highest BCUT2D eigenvalue weighted by Crippen LogP contribution is 2.21. The van der Waals surface area contributed by atoms with Gasteiger partial charge in [-0.05, 0) is 37.5 Å². The van der Waals surface area contributed by atoms with Crippen molar-refractivity contribution >= 4 is 0 Å². The van der Waals surface area contributed by atoms with Gasteiger partial charge < -0.3 is 5.32 Å². The van der Waals surface area contributed by atoms with Crippen molar-refractivity contribution in [3.63, 3.8) is 0 Å². The SMILES string of the molecule is CC(NC1CCCCCC1)c1cccc(C#N)c1. The van der Waals surface area contributed by atoms with Crippen molar-refractivity contribution in [3.8, 4) is 6.07 Å². The van der Waals surface area contributed by atoms with Crippen LogP contribution in [0, 0.1) is 11.3 Å². The highest BCUT2D eigenvalue weighted by atomic mass is 14.9. The Hall–Kier alpha value is -1.33. The lowest BCUT2D eigenvalue weighted by Crippen LogP contribution is -2.31. The lowest BCUT2D eigenvalue weighted by atomic mass is 10.0. The van der Waals surface area contributed by atoms with E-state index in [9.17, 15) is 0 Å². The molecule has 0 saturated heterocycles. The summed E-state index contributed by atoms with van der Waals surface area (Å²) in [5.41, 5.74) is 1.97. The van der Waals surface area contributed by atoms with Gasteiger partial charge in [0.15, 0.2) is 0 Å². The molecule has 1 aliphatic carbocycles. The van der Waals surface area contributed by atoms with Gasteiger partial charge in [0.25, 0.3) is 0 Å². The van der Waals surface area contributed by atoms with Crippen LogP contribution in [0.25, 0.3) is 0 Å². The van der Waals surface area contributed by atoms with E-state index in [2.05, 4.69) is 24.4 Å². The molecule has 0 spiro atoms. The zero-order valence-electron chi connectivity index (χ0n) is 11.2. The van der Waals surface area contributed by atoms with E-state index in [1.54, 1.807) is 0 Å². The van der Waals surface area contributed by atoms with Crippen LogP contribution in [0.5, 0.6) is 0 Å². The van der Waals surface area contributed by atoms with Gasteiger partial charge in [-0.1, -0.05) is 37.8 Å². The van der Waals surface area contributed by atoms with E-state index in [0.29, 0.717) is 12.1 Å². The van der Waals surface area contributed by atoms with Crippen molar-refractivity contribution in [2.75, 3.05) is 0 Å². The summed E-state index contributed by atoms with van der Waals surface area (Å²) >= 11 is 0. The van der Waals surface area contributed by atoms with Crippen molar-refractivity contribution in [1.82, 2.24) is 5.32 Å². The number of nitrogens with zero attached hydrogens (tertiary/aromatic N) is 1. The van der Waals surface area contributed by atoms with E-state index < -0.39 is 0 Å². The summed E-state index contributed by atoms with van der Waals surface area (Å²) in [6.07, 6.45) is 8.06. The predicted molar refractivity (Wildman–Crippen MR) is 74.2 cm³/mol. The van der Waals surface area contributed by atoms with Crippen LogP contribution < -0.4 is 5.32 Å². The molecule has 1 N–H and O–H groups in total. The van der Waals surface area contributed by atoms with Gasteiger partial charge in [-0.2, -0.15) is 5.26 Å². The molecular weight excluding hydrogens is 220 g/mol. The van der Waals surface area contributed by atoms with Crippen molar-refractivity contribution < 1.29 is 0 Å². The quantitative estimate of drug-likeness (QED) is 0.815. The Labute approximate surface area is 110 Å². The van der Waals surface area contributed by atoms with E-state index in [-0.39, 0.29) is 0 Å². The fourth-order valence-corrected chi connectivity index (χ4v) is 2.77. The van der Waals surface area contributed by atoms with Crippen molar-refractivity contribution in [3.05, 3.63) is 35.4 Å². The van der Waals surface area contributed by atoms with Crippen LogP contribution in [0.2, 0.25) is 0 Å². The molecule has 1 fully saturated rings. The first kappa shape index (κ1) is 13.1. The second kappa shape index (κ2) is 6.56. The van der Waals surface area contributed by atoms with Gasteiger partial charge in [0.1, 0.15) is 0 Å². The number of benzene rings is 1. The Balaban J connectivity index is 1.97. The van der Waals surface area contributed by atoms with Crippen LogP contribution in [-0.2, 0) is 0 Å². The Bertz CT molecular complexity index is 411. The van der Waals surface area contributed by atoms with Crippen LogP contribution in [0.4, 0.5) is 0 Å². The topological polar surface area (TPSA) is 35.8 Å². The molecule has 96 valence electrons. The van der Waals surface area contributed by atoms with Gasteiger partial charge in [0.2, 0.25) is 0 Å². The largest absolute Gasteiger partial charge is 0.307 e. The summed E-state index contributed by atoms with van der Waals surface area (Å²) < 4.78 is 0. The molecular formula is C16H22N2. The third kappa shape index (κ3) is 3.58. The molecule has 0 heterocycles. The van der Waals surface area contributed by atoms with E-state index in [1.165, 1.54) is 44.1 Å². The fourth-order valence-electron chi connectivity index (χ4n) is 2.77. The second-order valence-electron chi connectivity index (χ2n) is 5.31. The van der Waals surface area contributed by atoms with E-state index in [4.69, 9.17) is 5.26 Å². The summed E-state index contributed by atoms with van der Waals surface area (Å²) in [6, 6.07) is 11.1. The Morgan fingerprint density at radius 3 is 2.61 bits per heavy atom. The summed E-state index contributed by atoms with van der Waals surface area (Å²) in [5.74, 6) is 0. The molecule has 1 unspecified atom stereocenters. The summed E-state index contributed by atoms with van der Waals surface area (Å²) in [4.78, 5) is 0. The first-order valence-electron chi connectivity index (χ1n) is 7.05. The first-order valence-corrected chi connectivity index (χ1v) is 7.05. The summed E-state index contributed by atoms with van der Waals surface area (Å²) in [6.45, 7) is 2.20. The minimum absolute atomic E-state index is 0.335. The van der Waals surface area contributed by atoms with Crippen LogP contribution in [0.3, 0.4) is 0 Å². The van der Waals surface area contributed by atoms with Crippen molar-refractivity contribution in [2.45, 2.75) is 57.5 Å². The third-order valence-corrected chi connectivity index (χ3v) is 3.86. The maximum Gasteiger partial charge on any atom is 0.0991 e. The molecule has 0 aromatic heterocycles. The molecule has 2 nitrogen and oxygen atoms in total. The van der Waals surface area contributed by atoms with E-state index >= 15 is 0 Å². The monoisotopic (exact) mass is 242 g/mol. The molecule has 1 aromatic carbocycles. The van der Waals surface area contributed by atoms with Crippen LogP contribution in [-0.4, -0.2) is 6.04 Å². The Morgan fingerprint density at radius 1 is 1.22 bits per heavy atom. The standard InChI is InChI=1S/C16H22N2/c1-13(15-8-6-7-14(11-15)12-17)18-16-9-4-2-3-5-10-16/h6-8,11,13,16,18H,2-5,9-10H2,1H3. The van der Waals surface area contributed by atoms with E-state index in [0.717, 1.165) is 5.56 Å². The number of nitrogens with one attached hydrogen (secondary N) is 1. The van der Waals surface area contributed by atoms with E-state index in [1.807, 2.05) is 18.2 Å². The minimum atomic E-state index is 0.335. The first-order chi connectivity index (χ1) is 8.79. The highest BCUT2D eigenvalue weighted by Gasteiger charge is 2.15. The minimum Gasteiger partial charge on any atom is -0.307 e. The number of rotatable bonds is 3. The lowest BCUT2D eigenvalue weighted by molar-refractivity contribution is 0.414. The molecule has 1 aromatic rings. The normalized spacial score (nSPS) is 18.9. The number of hydrogen-bond donors (Lipinski definition) is 1. The molecule has 2 heteroatoms. The van der Waals surface area contributed by atoms with Crippen LogP contribution in [0.15, 0.2) is 24.3 Å². The third-order valence-electron chi connectivity index (χ3n) is 3.86. The van der Waals surface area contributed by atoms with Gasteiger partial charge in [0.05, 0.1) is 11.6 Å². The van der Waals surface area contributed by atoms with Gasteiger partial charge in [0, 0.05) is 12.1 Å². The second-order valence-corrected chi connectivity index (χ2v) is 5.31. The Kier molecular flexibility index (Phi) is 4.78. The molecule has 0 radical (unpaired) electrons. The molecule has 0 amide bonds. The highest BCUT2D eigenvalue weighted by molar-refractivity contribution is 5.34. The molecule has 1 aliphatic rings. The van der Waals surface area contributed by atoms with Gasteiger partial charge in [-0.25, -0.2) is 0 Å². The van der Waals surface area contributed by atoms with Gasteiger partial charge >= 0.3 is 0 Å². The number of nitriles is 1. The maximum absolute atomic E-state index is 8.93. The smallest absolute Gasteiger partial charge is 0.0991 e. The average Bonchev–Trinajstić information content (AvgIpc) is 2.67. The van der Waals surface area contributed by atoms with Crippen LogP contribution >= 0.6 is 0 Å². The maximum atomic E-state index is 8.93. The van der Waals surface area contributed by atoms with Crippen LogP contribution in [0.1, 0.15) is 62.6 Å². The van der Waals surface area contributed by atoms with Gasteiger partial charge in [-0.3, -0.25) is 0 Å². The zero-order valence-corrected chi connectivity index (χ0v) is 11.2. The molecule has 0 bridgehead atoms. The van der Waals surface area contributed by atoms with Gasteiger partial charge in [-0.15, -0.1) is 0 Å². The summed E-state index contributed by atoms with van der Waals surface area (Å²) in [5, 5.41) is 12.6. The zero-order chi connectivity index (χ0) is 12.8. The molecule has 2 rings (SSSR count). The molecule has 1 saturated carbocycles. The van der Waals surface area contributed by atoms with Crippen molar-refractivity contribution in [2.24, 2.45) is 0 Å². The van der Waals surface area contributed by atoms with Crippen molar-refractivity contribution in [1.29, 1.82) is 5.26 Å². The lowest BCUT2D eigenvalue weighted by Gasteiger charge is -2.22. The molecule has 1 atom stereocenters. The predicted octanol–water partition coefficient (Wildman–Crippen LogP) is 3.93. The Morgan fingerprint density at radius 2 is 1.94 bits per heavy atom. The molecule has 0 aliphatic heterocycles. The average molecular weight is 242 g/mol. The number of hydrogen-bond acceptors (Lipinski definition) is 2. The summed E-state index contributed by atoms with van der Waals surface area (Å²) in [7, 11) is 0. The molecule has 18 heavy (non-hydrogen) atoms.